The Bertz CT molecular complexity index is 919. The van der Waals surface area contributed by atoms with Gasteiger partial charge in [0.15, 0.2) is 0 Å². The van der Waals surface area contributed by atoms with Gasteiger partial charge in [0.05, 0.1) is 5.69 Å². The summed E-state index contributed by atoms with van der Waals surface area (Å²) in [6.45, 7) is 3.68. The van der Waals surface area contributed by atoms with Crippen LogP contribution in [0.5, 0.6) is 0 Å². The van der Waals surface area contributed by atoms with Gasteiger partial charge in [-0.3, -0.25) is 20.4 Å². The number of aromatic nitrogens is 1. The lowest BCUT2D eigenvalue weighted by atomic mass is 10.1. The molecular weight excluding hydrogens is 334 g/mol. The number of nitrogens with zero attached hydrogens (tertiary/aromatic N) is 1. The molecule has 126 valence electrons. The van der Waals surface area contributed by atoms with Gasteiger partial charge in [-0.05, 0) is 26.0 Å². The average Bonchev–Trinajstić information content (AvgIpc) is 3.02. The first-order chi connectivity index (χ1) is 12.0. The summed E-state index contributed by atoms with van der Waals surface area (Å²) in [5, 5.41) is 0.772. The van der Waals surface area contributed by atoms with Crippen molar-refractivity contribution in [3.05, 3.63) is 76.3 Å². The van der Waals surface area contributed by atoms with Crippen LogP contribution in [-0.2, 0) is 0 Å². The van der Waals surface area contributed by atoms with E-state index in [9.17, 15) is 9.59 Å². The van der Waals surface area contributed by atoms with Gasteiger partial charge >= 0.3 is 0 Å². The predicted molar refractivity (Wildman–Crippen MR) is 98.4 cm³/mol. The zero-order valence-electron chi connectivity index (χ0n) is 13.9. The Morgan fingerprint density at radius 1 is 0.920 bits per heavy atom. The van der Waals surface area contributed by atoms with Gasteiger partial charge in [0.1, 0.15) is 9.88 Å². The molecule has 0 saturated heterocycles. The first-order valence-electron chi connectivity index (χ1n) is 7.75. The number of nitrogens with one attached hydrogen (secondary N) is 2. The molecule has 3 rings (SSSR count). The van der Waals surface area contributed by atoms with E-state index in [0.717, 1.165) is 16.1 Å². The molecule has 1 aromatic heterocycles. The Kier molecular flexibility index (Phi) is 4.90. The Balaban J connectivity index is 1.70. The zero-order chi connectivity index (χ0) is 17.8. The van der Waals surface area contributed by atoms with E-state index in [1.165, 1.54) is 11.3 Å². The fourth-order valence-electron chi connectivity index (χ4n) is 2.34. The molecule has 0 fully saturated rings. The van der Waals surface area contributed by atoms with Crippen molar-refractivity contribution < 1.29 is 9.59 Å². The maximum absolute atomic E-state index is 12.4. The molecule has 0 aliphatic rings. The molecule has 3 aromatic rings. The quantitative estimate of drug-likeness (QED) is 0.710. The van der Waals surface area contributed by atoms with Gasteiger partial charge in [-0.15, -0.1) is 11.3 Å². The SMILES string of the molecule is Cc1cccc(C(=O)NNC(=O)c2sc(-c3ccccc3)nc2C)c1. The molecule has 0 aliphatic carbocycles. The highest BCUT2D eigenvalue weighted by atomic mass is 32.1. The van der Waals surface area contributed by atoms with Gasteiger partial charge in [-0.2, -0.15) is 0 Å². The second-order valence-corrected chi connectivity index (χ2v) is 6.58. The van der Waals surface area contributed by atoms with Crippen LogP contribution in [0.25, 0.3) is 10.6 Å². The molecule has 2 aromatic carbocycles. The minimum atomic E-state index is -0.377. The van der Waals surface area contributed by atoms with Gasteiger partial charge in [-0.1, -0.05) is 48.0 Å². The van der Waals surface area contributed by atoms with Gasteiger partial charge in [0.25, 0.3) is 11.8 Å². The van der Waals surface area contributed by atoms with E-state index in [2.05, 4.69) is 15.8 Å². The highest BCUT2D eigenvalue weighted by molar-refractivity contribution is 7.17. The van der Waals surface area contributed by atoms with Crippen molar-refractivity contribution in [2.75, 3.05) is 0 Å². The molecule has 0 bridgehead atoms. The molecule has 1 heterocycles. The number of thiazole rings is 1. The summed E-state index contributed by atoms with van der Waals surface area (Å²) in [5.74, 6) is -0.735. The van der Waals surface area contributed by atoms with E-state index in [4.69, 9.17) is 0 Å². The van der Waals surface area contributed by atoms with Crippen molar-refractivity contribution in [1.82, 2.24) is 15.8 Å². The fraction of sp³-hybridized carbons (Fsp3) is 0.105. The summed E-state index contributed by atoms with van der Waals surface area (Å²) in [6, 6.07) is 16.8. The number of benzene rings is 2. The molecule has 0 radical (unpaired) electrons. The Hall–Kier alpha value is -2.99. The van der Waals surface area contributed by atoms with E-state index in [1.54, 1.807) is 25.1 Å². The lowest BCUT2D eigenvalue weighted by Crippen LogP contribution is -2.41. The van der Waals surface area contributed by atoms with Crippen LogP contribution in [0.15, 0.2) is 54.6 Å². The van der Waals surface area contributed by atoms with Crippen LogP contribution in [-0.4, -0.2) is 16.8 Å². The van der Waals surface area contributed by atoms with Crippen molar-refractivity contribution in [3.8, 4) is 10.6 Å². The van der Waals surface area contributed by atoms with Crippen LogP contribution in [0.3, 0.4) is 0 Å². The number of carbonyl (C=O) groups is 2. The van der Waals surface area contributed by atoms with Crippen LogP contribution in [0, 0.1) is 13.8 Å². The highest BCUT2D eigenvalue weighted by Gasteiger charge is 2.17. The van der Waals surface area contributed by atoms with E-state index in [1.807, 2.05) is 43.3 Å². The molecule has 0 saturated carbocycles. The van der Waals surface area contributed by atoms with E-state index >= 15 is 0 Å². The lowest BCUT2D eigenvalue weighted by Gasteiger charge is -2.07. The monoisotopic (exact) mass is 351 g/mol. The second-order valence-electron chi connectivity index (χ2n) is 5.58. The van der Waals surface area contributed by atoms with E-state index in [0.29, 0.717) is 16.1 Å². The van der Waals surface area contributed by atoms with Crippen LogP contribution in [0.2, 0.25) is 0 Å². The van der Waals surface area contributed by atoms with Crippen molar-refractivity contribution in [2.24, 2.45) is 0 Å². The summed E-state index contributed by atoms with van der Waals surface area (Å²) in [7, 11) is 0. The van der Waals surface area contributed by atoms with Crippen LogP contribution in [0.4, 0.5) is 0 Å². The zero-order valence-corrected chi connectivity index (χ0v) is 14.7. The molecule has 5 nitrogen and oxygen atoms in total. The summed E-state index contributed by atoms with van der Waals surface area (Å²) in [6.07, 6.45) is 0. The largest absolute Gasteiger partial charge is 0.281 e. The summed E-state index contributed by atoms with van der Waals surface area (Å²) in [5.41, 5.74) is 7.95. The number of rotatable bonds is 3. The average molecular weight is 351 g/mol. The molecule has 0 aliphatic heterocycles. The van der Waals surface area contributed by atoms with Crippen molar-refractivity contribution in [2.45, 2.75) is 13.8 Å². The first kappa shape index (κ1) is 16.9. The van der Waals surface area contributed by atoms with Crippen LogP contribution >= 0.6 is 11.3 Å². The number of hydrazine groups is 1. The molecule has 2 N–H and O–H groups in total. The molecule has 25 heavy (non-hydrogen) atoms. The maximum atomic E-state index is 12.4. The maximum Gasteiger partial charge on any atom is 0.281 e. The lowest BCUT2D eigenvalue weighted by molar-refractivity contribution is 0.0848. The Morgan fingerprint density at radius 3 is 2.36 bits per heavy atom. The van der Waals surface area contributed by atoms with Gasteiger partial charge in [0, 0.05) is 11.1 Å². The molecule has 6 heteroatoms. The first-order valence-corrected chi connectivity index (χ1v) is 8.56. The molecule has 0 unspecified atom stereocenters. The predicted octanol–water partition coefficient (Wildman–Crippen LogP) is 3.50. The third kappa shape index (κ3) is 3.92. The van der Waals surface area contributed by atoms with Crippen molar-refractivity contribution >= 4 is 23.2 Å². The molecule has 0 spiro atoms. The minimum Gasteiger partial charge on any atom is -0.267 e. The summed E-state index contributed by atoms with van der Waals surface area (Å²) >= 11 is 1.30. The molecule has 0 atom stereocenters. The number of hydrogen-bond donors (Lipinski definition) is 2. The Labute approximate surface area is 149 Å². The number of amides is 2. The topological polar surface area (TPSA) is 71.1 Å². The van der Waals surface area contributed by atoms with E-state index in [-0.39, 0.29) is 11.8 Å². The summed E-state index contributed by atoms with van der Waals surface area (Å²) in [4.78, 5) is 29.4. The normalized spacial score (nSPS) is 10.3. The van der Waals surface area contributed by atoms with E-state index < -0.39 is 0 Å². The second kappa shape index (κ2) is 7.27. The van der Waals surface area contributed by atoms with Gasteiger partial charge < -0.3 is 0 Å². The number of hydrogen-bond acceptors (Lipinski definition) is 4. The minimum absolute atomic E-state index is 0.359. The van der Waals surface area contributed by atoms with Crippen molar-refractivity contribution in [3.63, 3.8) is 0 Å². The van der Waals surface area contributed by atoms with Gasteiger partial charge in [-0.25, -0.2) is 4.98 Å². The Morgan fingerprint density at radius 2 is 1.64 bits per heavy atom. The number of aryl methyl sites for hydroxylation is 2. The van der Waals surface area contributed by atoms with Crippen LogP contribution in [0.1, 0.15) is 31.3 Å². The highest BCUT2D eigenvalue weighted by Crippen LogP contribution is 2.27. The molecule has 2 amide bonds. The third-order valence-electron chi connectivity index (χ3n) is 3.59. The smallest absolute Gasteiger partial charge is 0.267 e. The van der Waals surface area contributed by atoms with Crippen molar-refractivity contribution in [1.29, 1.82) is 0 Å². The van der Waals surface area contributed by atoms with Crippen LogP contribution < -0.4 is 10.9 Å². The molecular formula is C19H17N3O2S. The summed E-state index contributed by atoms with van der Waals surface area (Å²) < 4.78 is 0. The third-order valence-corrected chi connectivity index (χ3v) is 4.80. The fourth-order valence-corrected chi connectivity index (χ4v) is 3.31. The van der Waals surface area contributed by atoms with Gasteiger partial charge in [0.2, 0.25) is 0 Å². The standard InChI is InChI=1S/C19H17N3O2S/c1-12-7-6-10-15(11-12)17(23)21-22-18(24)16-13(2)20-19(25-16)14-8-4-3-5-9-14/h3-11H,1-2H3,(H,21,23)(H,22,24). The number of carbonyl (C=O) groups excluding carboxylic acids is 2.